The Bertz CT molecular complexity index is 598. The molecule has 0 aliphatic heterocycles. The third-order valence-corrected chi connectivity index (χ3v) is 3.51. The van der Waals surface area contributed by atoms with Crippen LogP contribution in [0.3, 0.4) is 0 Å². The van der Waals surface area contributed by atoms with Gasteiger partial charge in [0.25, 0.3) is 0 Å². The Kier molecular flexibility index (Phi) is 3.81. The summed E-state index contributed by atoms with van der Waals surface area (Å²) in [6, 6.07) is 6.33. The number of aromatic nitrogens is 2. The second kappa shape index (κ2) is 5.90. The Morgan fingerprint density at radius 1 is 1.15 bits per heavy atom. The second-order valence-electron chi connectivity index (χ2n) is 5.01. The molecule has 0 saturated heterocycles. The maximum Gasteiger partial charge on any atom is 0.239 e. The number of hydrogen-bond acceptors (Lipinski definition) is 4. The number of nitrogens with zero attached hydrogens (tertiary/aromatic N) is 2. The smallest absolute Gasteiger partial charge is 0.239 e. The summed E-state index contributed by atoms with van der Waals surface area (Å²) in [7, 11) is 0. The van der Waals surface area contributed by atoms with Crippen LogP contribution in [-0.4, -0.2) is 16.5 Å². The van der Waals surface area contributed by atoms with Gasteiger partial charge in [0.2, 0.25) is 5.88 Å². The summed E-state index contributed by atoms with van der Waals surface area (Å²) in [6.45, 7) is 2.84. The highest BCUT2D eigenvalue weighted by Crippen LogP contribution is 2.27. The first kappa shape index (κ1) is 12.9. The second-order valence-corrected chi connectivity index (χ2v) is 5.01. The van der Waals surface area contributed by atoms with E-state index in [1.807, 2.05) is 13.0 Å². The third-order valence-electron chi connectivity index (χ3n) is 3.51. The number of benzene rings is 1. The van der Waals surface area contributed by atoms with Crippen LogP contribution in [0, 0.1) is 0 Å². The molecule has 1 aromatic heterocycles. The minimum absolute atomic E-state index is 0.527. The number of anilines is 1. The summed E-state index contributed by atoms with van der Waals surface area (Å²) in [4.78, 5) is 8.51. The molecule has 0 atom stereocenters. The first-order chi connectivity index (χ1) is 9.85. The Labute approximate surface area is 119 Å². The molecule has 1 aromatic carbocycles. The third kappa shape index (κ3) is 2.90. The summed E-state index contributed by atoms with van der Waals surface area (Å²) in [5.74, 6) is 2.11. The molecule has 0 spiro atoms. The average molecular weight is 269 g/mol. The summed E-state index contributed by atoms with van der Waals surface area (Å²) in [5, 5.41) is 3.13. The lowest BCUT2D eigenvalue weighted by atomic mass is 9.92. The lowest BCUT2D eigenvalue weighted by molar-refractivity contribution is 0.459. The van der Waals surface area contributed by atoms with Crippen LogP contribution in [0.1, 0.15) is 30.9 Å². The molecule has 1 aliphatic carbocycles. The van der Waals surface area contributed by atoms with Gasteiger partial charge in [-0.3, -0.25) is 4.98 Å². The molecule has 0 fully saturated rings. The van der Waals surface area contributed by atoms with Gasteiger partial charge < -0.3 is 10.1 Å². The van der Waals surface area contributed by atoms with Gasteiger partial charge >= 0.3 is 0 Å². The molecule has 4 nitrogen and oxygen atoms in total. The van der Waals surface area contributed by atoms with Crippen molar-refractivity contribution in [3.8, 4) is 11.6 Å². The van der Waals surface area contributed by atoms with E-state index in [0.29, 0.717) is 5.88 Å². The van der Waals surface area contributed by atoms with Crippen molar-refractivity contribution in [3.05, 3.63) is 41.7 Å². The molecule has 104 valence electrons. The van der Waals surface area contributed by atoms with Crippen molar-refractivity contribution in [2.75, 3.05) is 11.9 Å². The van der Waals surface area contributed by atoms with Gasteiger partial charge in [0.15, 0.2) is 0 Å². The van der Waals surface area contributed by atoms with Gasteiger partial charge in [-0.2, -0.15) is 4.98 Å². The van der Waals surface area contributed by atoms with Crippen LogP contribution in [0.25, 0.3) is 0 Å². The molecule has 4 heteroatoms. The van der Waals surface area contributed by atoms with E-state index >= 15 is 0 Å². The SMILES string of the molecule is CCNc1cncc(Oc2ccc3c(c2)CCCC3)n1. The summed E-state index contributed by atoms with van der Waals surface area (Å²) >= 11 is 0. The van der Waals surface area contributed by atoms with E-state index in [-0.39, 0.29) is 0 Å². The molecule has 0 unspecified atom stereocenters. The molecule has 0 bridgehead atoms. The molecule has 0 amide bonds. The minimum atomic E-state index is 0.527. The van der Waals surface area contributed by atoms with E-state index in [9.17, 15) is 0 Å². The Morgan fingerprint density at radius 3 is 2.85 bits per heavy atom. The lowest BCUT2D eigenvalue weighted by Gasteiger charge is -2.16. The largest absolute Gasteiger partial charge is 0.437 e. The predicted molar refractivity (Wildman–Crippen MR) is 79.4 cm³/mol. The highest BCUT2D eigenvalue weighted by atomic mass is 16.5. The summed E-state index contributed by atoms with van der Waals surface area (Å²) in [6.07, 6.45) is 8.24. The molecule has 1 heterocycles. The maximum atomic E-state index is 5.82. The summed E-state index contributed by atoms with van der Waals surface area (Å²) in [5.41, 5.74) is 2.86. The van der Waals surface area contributed by atoms with Crippen LogP contribution in [0.5, 0.6) is 11.6 Å². The number of nitrogens with one attached hydrogen (secondary N) is 1. The minimum Gasteiger partial charge on any atom is -0.437 e. The molecule has 20 heavy (non-hydrogen) atoms. The van der Waals surface area contributed by atoms with Crippen LogP contribution < -0.4 is 10.1 Å². The predicted octanol–water partition coefficient (Wildman–Crippen LogP) is 3.58. The fraction of sp³-hybridized carbons (Fsp3) is 0.375. The topological polar surface area (TPSA) is 47.0 Å². The number of fused-ring (bicyclic) bond motifs is 1. The van der Waals surface area contributed by atoms with E-state index in [0.717, 1.165) is 24.5 Å². The van der Waals surface area contributed by atoms with Gasteiger partial charge in [0, 0.05) is 6.54 Å². The fourth-order valence-electron chi connectivity index (χ4n) is 2.56. The number of aryl methyl sites for hydroxylation is 2. The van der Waals surface area contributed by atoms with Crippen LogP contribution in [0.2, 0.25) is 0 Å². The fourth-order valence-corrected chi connectivity index (χ4v) is 2.56. The maximum absolute atomic E-state index is 5.82. The molecular formula is C16H19N3O. The lowest BCUT2D eigenvalue weighted by Crippen LogP contribution is -2.03. The standard InChI is InChI=1S/C16H19N3O/c1-2-18-15-10-17-11-16(19-15)20-14-8-7-12-5-3-4-6-13(12)9-14/h7-11H,2-6H2,1H3,(H,18,19). The first-order valence-electron chi connectivity index (χ1n) is 7.21. The zero-order valence-electron chi connectivity index (χ0n) is 11.7. The highest BCUT2D eigenvalue weighted by Gasteiger charge is 2.10. The van der Waals surface area contributed by atoms with E-state index in [1.165, 1.54) is 30.4 Å². The average Bonchev–Trinajstić information content (AvgIpc) is 2.48. The van der Waals surface area contributed by atoms with Crippen LogP contribution in [0.4, 0.5) is 5.82 Å². The molecule has 1 N–H and O–H groups in total. The highest BCUT2D eigenvalue weighted by molar-refractivity contribution is 5.39. The molecule has 1 aliphatic rings. The van der Waals surface area contributed by atoms with E-state index < -0.39 is 0 Å². The van der Waals surface area contributed by atoms with Crippen molar-refractivity contribution in [1.82, 2.24) is 9.97 Å². The molecular weight excluding hydrogens is 250 g/mol. The first-order valence-corrected chi connectivity index (χ1v) is 7.21. The van der Waals surface area contributed by atoms with E-state index in [2.05, 4.69) is 27.4 Å². The Morgan fingerprint density at radius 2 is 2.00 bits per heavy atom. The summed E-state index contributed by atoms with van der Waals surface area (Å²) < 4.78 is 5.82. The van der Waals surface area contributed by atoms with Crippen molar-refractivity contribution in [3.63, 3.8) is 0 Å². The quantitative estimate of drug-likeness (QED) is 0.921. The van der Waals surface area contributed by atoms with E-state index in [4.69, 9.17) is 4.74 Å². The van der Waals surface area contributed by atoms with E-state index in [1.54, 1.807) is 12.4 Å². The van der Waals surface area contributed by atoms with Gasteiger partial charge in [0.05, 0.1) is 12.4 Å². The van der Waals surface area contributed by atoms with Crippen molar-refractivity contribution >= 4 is 5.82 Å². The van der Waals surface area contributed by atoms with Gasteiger partial charge in [-0.15, -0.1) is 0 Å². The van der Waals surface area contributed by atoms with Crippen LogP contribution >= 0.6 is 0 Å². The Hall–Kier alpha value is -2.10. The van der Waals surface area contributed by atoms with Crippen molar-refractivity contribution in [2.24, 2.45) is 0 Å². The number of hydrogen-bond donors (Lipinski definition) is 1. The van der Waals surface area contributed by atoms with Gasteiger partial charge in [-0.05, 0) is 55.9 Å². The zero-order valence-corrected chi connectivity index (χ0v) is 11.7. The van der Waals surface area contributed by atoms with Crippen LogP contribution in [-0.2, 0) is 12.8 Å². The molecule has 3 rings (SSSR count). The number of rotatable bonds is 4. The Balaban J connectivity index is 1.78. The van der Waals surface area contributed by atoms with Gasteiger partial charge in [-0.1, -0.05) is 6.07 Å². The van der Waals surface area contributed by atoms with Crippen molar-refractivity contribution in [1.29, 1.82) is 0 Å². The van der Waals surface area contributed by atoms with Crippen molar-refractivity contribution in [2.45, 2.75) is 32.6 Å². The zero-order chi connectivity index (χ0) is 13.8. The van der Waals surface area contributed by atoms with Gasteiger partial charge in [-0.25, -0.2) is 0 Å². The molecule has 2 aromatic rings. The van der Waals surface area contributed by atoms with Gasteiger partial charge in [0.1, 0.15) is 11.6 Å². The molecule has 0 radical (unpaired) electrons. The van der Waals surface area contributed by atoms with Crippen LogP contribution in [0.15, 0.2) is 30.6 Å². The number of ether oxygens (including phenoxy) is 1. The molecule has 0 saturated carbocycles. The monoisotopic (exact) mass is 269 g/mol. The van der Waals surface area contributed by atoms with Crippen molar-refractivity contribution < 1.29 is 4.74 Å². The normalized spacial score (nSPS) is 13.7.